The summed E-state index contributed by atoms with van der Waals surface area (Å²) in [5.41, 5.74) is 8.81. The van der Waals surface area contributed by atoms with Crippen LogP contribution in [-0.2, 0) is 10.0 Å². The molecular weight excluding hydrogens is 274 g/mol. The summed E-state index contributed by atoms with van der Waals surface area (Å²) in [6.07, 6.45) is 3.21. The second kappa shape index (κ2) is 5.71. The molecule has 0 radical (unpaired) electrons. The number of nitrogen functional groups attached to an aromatic ring is 1. The summed E-state index contributed by atoms with van der Waals surface area (Å²) in [6.45, 7) is 6.99. The van der Waals surface area contributed by atoms with E-state index in [2.05, 4.69) is 4.83 Å². The first-order valence-corrected chi connectivity index (χ1v) is 8.45. The Morgan fingerprint density at radius 3 is 2.30 bits per heavy atom. The zero-order chi connectivity index (χ0) is 14.9. The monoisotopic (exact) mass is 297 g/mol. The number of hydrogen-bond donors (Lipinski definition) is 2. The van der Waals surface area contributed by atoms with Gasteiger partial charge in [0.15, 0.2) is 0 Å². The quantitative estimate of drug-likeness (QED) is 0.835. The van der Waals surface area contributed by atoms with Gasteiger partial charge < -0.3 is 5.73 Å². The fraction of sp³-hybridized carbons (Fsp3) is 0.571. The average Bonchev–Trinajstić information content (AvgIpc) is 2.36. The van der Waals surface area contributed by atoms with E-state index < -0.39 is 10.0 Å². The molecule has 3 N–H and O–H groups in total. The fourth-order valence-electron chi connectivity index (χ4n) is 2.80. The number of nitrogens with two attached hydrogens (primary N) is 1. The molecule has 0 saturated carbocycles. The first kappa shape index (κ1) is 15.3. The van der Waals surface area contributed by atoms with Crippen molar-refractivity contribution in [2.24, 2.45) is 0 Å². The lowest BCUT2D eigenvalue weighted by atomic mass is 10.1. The molecule has 1 aromatic rings. The van der Waals surface area contributed by atoms with Gasteiger partial charge in [-0.25, -0.2) is 13.4 Å². The highest BCUT2D eigenvalue weighted by molar-refractivity contribution is 7.89. The van der Waals surface area contributed by atoms with Crippen LogP contribution in [0, 0.1) is 20.8 Å². The summed E-state index contributed by atoms with van der Waals surface area (Å²) in [4.78, 5) is 3.00. The zero-order valence-corrected chi connectivity index (χ0v) is 13.2. The number of sulfonamides is 1. The highest BCUT2D eigenvalue weighted by atomic mass is 32.2. The molecule has 0 atom stereocenters. The molecule has 0 bridgehead atoms. The van der Waals surface area contributed by atoms with Crippen molar-refractivity contribution in [1.29, 1.82) is 0 Å². The van der Waals surface area contributed by atoms with Gasteiger partial charge in [-0.2, -0.15) is 0 Å². The fourth-order valence-corrected chi connectivity index (χ4v) is 4.41. The van der Waals surface area contributed by atoms with Crippen molar-refractivity contribution in [1.82, 2.24) is 9.84 Å². The van der Waals surface area contributed by atoms with E-state index in [9.17, 15) is 8.42 Å². The van der Waals surface area contributed by atoms with E-state index in [1.165, 1.54) is 0 Å². The minimum absolute atomic E-state index is 0.311. The Balaban J connectivity index is 2.36. The van der Waals surface area contributed by atoms with Crippen molar-refractivity contribution < 1.29 is 8.42 Å². The molecule has 5 nitrogen and oxygen atoms in total. The number of nitrogens with zero attached hydrogens (tertiary/aromatic N) is 1. The number of nitrogens with one attached hydrogen (secondary N) is 1. The second-order valence-electron chi connectivity index (χ2n) is 5.52. The summed E-state index contributed by atoms with van der Waals surface area (Å²) in [6, 6.07) is 1.83. The number of hydrazine groups is 1. The number of rotatable bonds is 3. The molecule has 1 aromatic carbocycles. The molecule has 1 aliphatic heterocycles. The molecule has 6 heteroatoms. The Kier molecular flexibility index (Phi) is 4.36. The van der Waals surface area contributed by atoms with Crippen LogP contribution in [-0.4, -0.2) is 26.5 Å². The highest BCUT2D eigenvalue weighted by Gasteiger charge is 2.25. The lowest BCUT2D eigenvalue weighted by Gasteiger charge is -2.27. The van der Waals surface area contributed by atoms with Gasteiger partial charge in [0.25, 0.3) is 10.0 Å². The maximum absolute atomic E-state index is 12.6. The average molecular weight is 297 g/mol. The third kappa shape index (κ3) is 2.97. The zero-order valence-electron chi connectivity index (χ0n) is 12.4. The van der Waals surface area contributed by atoms with Crippen LogP contribution in [0.25, 0.3) is 0 Å². The van der Waals surface area contributed by atoms with Crippen LogP contribution < -0.4 is 10.6 Å². The molecule has 1 aliphatic rings. The van der Waals surface area contributed by atoms with Crippen LogP contribution in [0.3, 0.4) is 0 Å². The first-order chi connectivity index (χ1) is 9.33. The number of anilines is 1. The standard InChI is InChI=1S/C14H23N3O2S/c1-10-9-11(2)14(12(3)13(10)15)20(18,19)16-17-7-5-4-6-8-17/h9,16H,4-8,15H2,1-3H3. The molecule has 0 spiro atoms. The van der Waals surface area contributed by atoms with Crippen LogP contribution in [0.4, 0.5) is 5.69 Å². The lowest BCUT2D eigenvalue weighted by molar-refractivity contribution is 0.200. The summed E-state index contributed by atoms with van der Waals surface area (Å²) in [7, 11) is -3.56. The number of benzene rings is 1. The third-order valence-corrected chi connectivity index (χ3v) is 5.50. The molecular formula is C14H23N3O2S. The van der Waals surface area contributed by atoms with Crippen molar-refractivity contribution in [2.45, 2.75) is 44.9 Å². The van der Waals surface area contributed by atoms with Gasteiger partial charge in [0, 0.05) is 18.8 Å². The molecule has 1 saturated heterocycles. The summed E-state index contributed by atoms with van der Waals surface area (Å²) >= 11 is 0. The maximum Gasteiger partial charge on any atom is 0.254 e. The molecule has 0 aromatic heterocycles. The normalized spacial score (nSPS) is 17.4. The van der Waals surface area contributed by atoms with Crippen LogP contribution >= 0.6 is 0 Å². The molecule has 0 amide bonds. The summed E-state index contributed by atoms with van der Waals surface area (Å²) in [5, 5.41) is 1.79. The van der Waals surface area contributed by atoms with E-state index in [4.69, 9.17) is 5.73 Å². The van der Waals surface area contributed by atoms with Gasteiger partial charge in [-0.05, 0) is 50.3 Å². The van der Waals surface area contributed by atoms with Crippen molar-refractivity contribution in [3.8, 4) is 0 Å². The van der Waals surface area contributed by atoms with Crippen LogP contribution in [0.5, 0.6) is 0 Å². The predicted molar refractivity (Wildman–Crippen MR) is 80.8 cm³/mol. The Hall–Kier alpha value is -1.11. The smallest absolute Gasteiger partial charge is 0.254 e. The van der Waals surface area contributed by atoms with Gasteiger partial charge in [-0.1, -0.05) is 12.5 Å². The van der Waals surface area contributed by atoms with E-state index >= 15 is 0 Å². The minimum atomic E-state index is -3.56. The summed E-state index contributed by atoms with van der Waals surface area (Å²) in [5.74, 6) is 0. The van der Waals surface area contributed by atoms with Crippen LogP contribution in [0.2, 0.25) is 0 Å². The van der Waals surface area contributed by atoms with Gasteiger partial charge in [0.05, 0.1) is 4.90 Å². The molecule has 0 unspecified atom stereocenters. The number of aryl methyl sites for hydroxylation is 2. The van der Waals surface area contributed by atoms with Gasteiger partial charge in [-0.15, -0.1) is 4.83 Å². The molecule has 1 fully saturated rings. The number of piperidine rings is 1. The van der Waals surface area contributed by atoms with E-state index in [-0.39, 0.29) is 0 Å². The SMILES string of the molecule is Cc1cc(C)c(S(=O)(=O)NN2CCCCC2)c(C)c1N. The lowest BCUT2D eigenvalue weighted by Crippen LogP contribution is -2.45. The van der Waals surface area contributed by atoms with Crippen molar-refractivity contribution in [3.63, 3.8) is 0 Å². The molecule has 2 rings (SSSR count). The Bertz CT molecular complexity index is 605. The Morgan fingerprint density at radius 1 is 1.10 bits per heavy atom. The topological polar surface area (TPSA) is 75.4 Å². The molecule has 1 heterocycles. The molecule has 112 valence electrons. The number of hydrogen-bond acceptors (Lipinski definition) is 4. The van der Waals surface area contributed by atoms with Crippen molar-refractivity contribution in [2.75, 3.05) is 18.8 Å². The molecule has 20 heavy (non-hydrogen) atoms. The largest absolute Gasteiger partial charge is 0.398 e. The van der Waals surface area contributed by atoms with Gasteiger partial charge in [-0.3, -0.25) is 0 Å². The maximum atomic E-state index is 12.6. The van der Waals surface area contributed by atoms with E-state index in [1.807, 2.05) is 19.9 Å². The van der Waals surface area contributed by atoms with E-state index in [0.717, 1.165) is 43.5 Å². The van der Waals surface area contributed by atoms with Crippen molar-refractivity contribution in [3.05, 3.63) is 22.8 Å². The molecule has 0 aliphatic carbocycles. The second-order valence-corrected chi connectivity index (χ2v) is 7.12. The van der Waals surface area contributed by atoms with Gasteiger partial charge >= 0.3 is 0 Å². The minimum Gasteiger partial charge on any atom is -0.398 e. The Morgan fingerprint density at radius 2 is 1.70 bits per heavy atom. The van der Waals surface area contributed by atoms with E-state index in [1.54, 1.807) is 11.9 Å². The van der Waals surface area contributed by atoms with Gasteiger partial charge in [0.2, 0.25) is 0 Å². The van der Waals surface area contributed by atoms with Crippen LogP contribution in [0.15, 0.2) is 11.0 Å². The van der Waals surface area contributed by atoms with Crippen molar-refractivity contribution >= 4 is 15.7 Å². The first-order valence-electron chi connectivity index (χ1n) is 6.96. The predicted octanol–water partition coefficient (Wildman–Crippen LogP) is 1.87. The highest BCUT2D eigenvalue weighted by Crippen LogP contribution is 2.28. The van der Waals surface area contributed by atoms with Crippen LogP contribution in [0.1, 0.15) is 36.0 Å². The summed E-state index contributed by atoms with van der Waals surface area (Å²) < 4.78 is 25.2. The van der Waals surface area contributed by atoms with Gasteiger partial charge in [0.1, 0.15) is 0 Å². The third-order valence-electron chi connectivity index (χ3n) is 3.83. The Labute approximate surface area is 121 Å². The van der Waals surface area contributed by atoms with E-state index in [0.29, 0.717) is 16.1 Å².